The summed E-state index contributed by atoms with van der Waals surface area (Å²) in [6, 6.07) is 31.7. The van der Waals surface area contributed by atoms with Crippen molar-refractivity contribution < 1.29 is 4.74 Å². The van der Waals surface area contributed by atoms with Gasteiger partial charge in [0.25, 0.3) is 0 Å². The molecule has 3 aromatic carbocycles. The molecule has 0 atom stereocenters. The van der Waals surface area contributed by atoms with Gasteiger partial charge in [-0.3, -0.25) is 0 Å². The van der Waals surface area contributed by atoms with Crippen LogP contribution in [0.3, 0.4) is 0 Å². The molecular weight excluding hydrogens is 378 g/mol. The van der Waals surface area contributed by atoms with Gasteiger partial charge in [-0.05, 0) is 0 Å². The molecule has 0 amide bonds. The topological polar surface area (TPSA) is 9.23 Å². The van der Waals surface area contributed by atoms with Gasteiger partial charge in [0.1, 0.15) is 0 Å². The van der Waals surface area contributed by atoms with E-state index in [4.69, 9.17) is 4.74 Å². The van der Waals surface area contributed by atoms with Crippen LogP contribution in [0.1, 0.15) is 20.3 Å². The Kier molecular flexibility index (Phi) is 6.92. The van der Waals surface area contributed by atoms with E-state index in [2.05, 4.69) is 105 Å². The van der Waals surface area contributed by atoms with Crippen molar-refractivity contribution in [2.24, 2.45) is 0 Å². The van der Waals surface area contributed by atoms with Gasteiger partial charge in [0.2, 0.25) is 0 Å². The second-order valence-electron chi connectivity index (χ2n) is 7.77. The second-order valence-corrected chi connectivity index (χ2v) is 21.0. The Morgan fingerprint density at radius 3 is 1.64 bits per heavy atom. The van der Waals surface area contributed by atoms with Crippen LogP contribution in [0.5, 0.6) is 5.75 Å². The molecule has 28 heavy (non-hydrogen) atoms. The Morgan fingerprint density at radius 1 is 0.679 bits per heavy atom. The van der Waals surface area contributed by atoms with Crippen molar-refractivity contribution in [3.05, 3.63) is 84.9 Å². The van der Waals surface area contributed by atoms with Crippen molar-refractivity contribution in [2.45, 2.75) is 20.3 Å². The average Bonchev–Trinajstić information content (AvgIpc) is 2.78. The van der Waals surface area contributed by atoms with Crippen LogP contribution in [-0.4, -0.2) is 26.1 Å². The maximum atomic E-state index is 5.46. The van der Waals surface area contributed by atoms with Crippen LogP contribution in [0.4, 0.5) is 0 Å². The summed E-state index contributed by atoms with van der Waals surface area (Å²) in [4.78, 5) is 0. The van der Waals surface area contributed by atoms with Crippen molar-refractivity contribution in [1.29, 1.82) is 0 Å². The minimum atomic E-state index is -2.00. The summed E-state index contributed by atoms with van der Waals surface area (Å²) < 4.78 is 5.46. The van der Waals surface area contributed by atoms with Crippen molar-refractivity contribution in [1.82, 2.24) is 0 Å². The number of methoxy groups -OCH3 is 1. The van der Waals surface area contributed by atoms with Crippen LogP contribution in [0.15, 0.2) is 84.9 Å². The first-order valence-corrected chi connectivity index (χ1v) is 16.3. The van der Waals surface area contributed by atoms with Crippen molar-refractivity contribution in [3.63, 3.8) is 0 Å². The van der Waals surface area contributed by atoms with Gasteiger partial charge in [0.05, 0.1) is 0 Å². The number of benzene rings is 3. The van der Waals surface area contributed by atoms with Crippen LogP contribution in [-0.2, 0) is 0 Å². The molecule has 3 aromatic rings. The van der Waals surface area contributed by atoms with Gasteiger partial charge in [0, 0.05) is 0 Å². The molecule has 0 saturated carbocycles. The Labute approximate surface area is 171 Å². The Balaban J connectivity index is 2.32. The van der Waals surface area contributed by atoms with E-state index in [0.29, 0.717) is 0 Å². The van der Waals surface area contributed by atoms with Crippen molar-refractivity contribution in [2.75, 3.05) is 26.1 Å². The zero-order chi connectivity index (χ0) is 20.0. The Hall–Kier alpha value is -1.68. The third-order valence-corrected chi connectivity index (χ3v) is 25.6. The van der Waals surface area contributed by atoms with E-state index >= 15 is 0 Å². The summed E-state index contributed by atoms with van der Waals surface area (Å²) in [5.74, 6) is 0.937. The molecule has 0 unspecified atom stereocenters. The summed E-state index contributed by atoms with van der Waals surface area (Å²) in [6.07, 6.45) is 3.84. The van der Waals surface area contributed by atoms with Crippen molar-refractivity contribution in [3.8, 4) is 5.75 Å². The summed E-state index contributed by atoms with van der Waals surface area (Å²) in [7, 11) is 1.75. The van der Waals surface area contributed by atoms with Gasteiger partial charge >= 0.3 is 172 Å². The van der Waals surface area contributed by atoms with E-state index < -0.39 is 13.9 Å². The molecule has 0 saturated heterocycles. The van der Waals surface area contributed by atoms with E-state index in [0.717, 1.165) is 5.75 Å². The molecule has 0 radical (unpaired) electrons. The number of ether oxygens (including phenoxy) is 1. The minimum absolute atomic E-state index is 0.937. The zero-order valence-corrected chi connectivity index (χ0v) is 19.6. The van der Waals surface area contributed by atoms with Gasteiger partial charge in [-0.2, -0.15) is 0 Å². The average molecular weight is 412 g/mol. The molecule has 150 valence electrons. The third-order valence-electron chi connectivity index (χ3n) is 6.58. The Bertz CT molecular complexity index is 864. The fraction of sp³-hybridized carbons (Fsp3) is 0.280. The summed E-state index contributed by atoms with van der Waals surface area (Å²) in [6.45, 7) is 3.61. The monoisotopic (exact) mass is 412 g/mol. The second kappa shape index (κ2) is 9.21. The first-order chi connectivity index (χ1) is 13.6. The molecule has 1 nitrogen and oxygen atoms in total. The molecule has 0 aliphatic carbocycles. The normalized spacial score (nSPS) is 13.1. The van der Waals surface area contributed by atoms with Gasteiger partial charge in [-0.15, -0.1) is 0 Å². The number of hydrogen-bond acceptors (Lipinski definition) is 1. The van der Waals surface area contributed by atoms with E-state index in [1.807, 2.05) is 0 Å². The third kappa shape index (κ3) is 3.63. The Morgan fingerprint density at radius 2 is 1.18 bits per heavy atom. The summed E-state index contributed by atoms with van der Waals surface area (Å²) in [5.41, 5.74) is 0. The fourth-order valence-corrected chi connectivity index (χ4v) is 23.6. The molecule has 0 aliphatic heterocycles. The SMILES string of the molecule is CCC[PH](CC)(c1ccccc1)[PH](C)(c1ccccc1)c1ccc(OC)cc1. The molecule has 0 aromatic heterocycles. The molecule has 3 rings (SSSR count). The molecule has 0 spiro atoms. The molecule has 0 aliphatic rings. The molecular formula is C25H34OP2. The molecule has 0 fully saturated rings. The van der Waals surface area contributed by atoms with Crippen LogP contribution >= 0.6 is 13.9 Å². The first kappa shape index (κ1) is 21.0. The van der Waals surface area contributed by atoms with Crippen LogP contribution < -0.4 is 20.7 Å². The first-order valence-electron chi connectivity index (χ1n) is 10.4. The van der Waals surface area contributed by atoms with E-state index in [-0.39, 0.29) is 0 Å². The maximum absolute atomic E-state index is 5.46. The van der Waals surface area contributed by atoms with Crippen LogP contribution in [0.25, 0.3) is 0 Å². The zero-order valence-electron chi connectivity index (χ0n) is 17.6. The van der Waals surface area contributed by atoms with Gasteiger partial charge < -0.3 is 0 Å². The van der Waals surface area contributed by atoms with Crippen molar-refractivity contribution >= 4 is 29.8 Å². The molecule has 0 N–H and O–H groups in total. The van der Waals surface area contributed by atoms with Crippen LogP contribution in [0.2, 0.25) is 0 Å². The predicted octanol–water partition coefficient (Wildman–Crippen LogP) is 5.45. The van der Waals surface area contributed by atoms with E-state index in [1.165, 1.54) is 24.0 Å². The van der Waals surface area contributed by atoms with E-state index in [9.17, 15) is 0 Å². The molecule has 0 bridgehead atoms. The van der Waals surface area contributed by atoms with Gasteiger partial charge in [0.15, 0.2) is 0 Å². The molecule has 3 heteroatoms. The predicted molar refractivity (Wildman–Crippen MR) is 133 cm³/mol. The summed E-state index contributed by atoms with van der Waals surface area (Å²) in [5, 5.41) is 4.71. The van der Waals surface area contributed by atoms with Crippen LogP contribution in [0, 0.1) is 0 Å². The van der Waals surface area contributed by atoms with Gasteiger partial charge in [-0.1, -0.05) is 0 Å². The van der Waals surface area contributed by atoms with E-state index in [1.54, 1.807) is 17.7 Å². The quantitative estimate of drug-likeness (QED) is 0.447. The fourth-order valence-electron chi connectivity index (χ4n) is 5.02. The summed E-state index contributed by atoms with van der Waals surface area (Å²) >= 11 is 0. The van der Waals surface area contributed by atoms with Gasteiger partial charge in [-0.25, -0.2) is 0 Å². The number of rotatable bonds is 8. The standard InChI is InChI=1S/C25H34OP2/c1-5-21-28(6-2,25-15-11-8-12-16-25)27(4,23-13-9-7-10-14-23)24-19-17-22(26-3)18-20-24/h7-20,27-28H,5-6,21H2,1-4H3. The molecule has 0 heterocycles. The number of hydrogen-bond donors (Lipinski definition) is 0.